The highest BCUT2D eigenvalue weighted by atomic mass is 32.1. The Morgan fingerprint density at radius 1 is 1.12 bits per heavy atom. The molecule has 0 saturated heterocycles. The van der Waals surface area contributed by atoms with Gasteiger partial charge < -0.3 is 14.3 Å². The summed E-state index contributed by atoms with van der Waals surface area (Å²) in [7, 11) is 0. The van der Waals surface area contributed by atoms with Gasteiger partial charge in [-0.1, -0.05) is 35.5 Å². The molecule has 3 aromatic heterocycles. The number of carbonyl (C=O) groups excluding carboxylic acids is 1. The zero-order valence-electron chi connectivity index (χ0n) is 13.0. The summed E-state index contributed by atoms with van der Waals surface area (Å²) in [5, 5.41) is 9.42. The number of nitrogens with one attached hydrogen (secondary N) is 1. The summed E-state index contributed by atoms with van der Waals surface area (Å²) in [4.78, 5) is 16.7. The lowest BCUT2D eigenvalue weighted by atomic mass is 10.2. The van der Waals surface area contributed by atoms with Crippen molar-refractivity contribution in [1.29, 1.82) is 0 Å². The van der Waals surface area contributed by atoms with Gasteiger partial charge in [-0.2, -0.15) is 0 Å². The van der Waals surface area contributed by atoms with Gasteiger partial charge in [0.2, 0.25) is 5.76 Å². The second-order valence-corrected chi connectivity index (χ2v) is 6.10. The summed E-state index contributed by atoms with van der Waals surface area (Å²) in [5.74, 6) is 0.615. The molecule has 6 nitrogen and oxygen atoms in total. The van der Waals surface area contributed by atoms with E-state index in [9.17, 15) is 4.79 Å². The number of thiazole rings is 1. The van der Waals surface area contributed by atoms with Crippen LogP contribution in [0.5, 0.6) is 0 Å². The van der Waals surface area contributed by atoms with Crippen molar-refractivity contribution in [2.75, 3.05) is 0 Å². The second kappa shape index (κ2) is 6.74. The van der Waals surface area contributed by atoms with Gasteiger partial charge in [0, 0.05) is 17.0 Å². The summed E-state index contributed by atoms with van der Waals surface area (Å²) >= 11 is 1.54. The monoisotopic (exact) mass is 351 g/mol. The topological polar surface area (TPSA) is 81.2 Å². The maximum Gasteiger partial charge on any atom is 0.273 e. The van der Waals surface area contributed by atoms with Crippen LogP contribution in [-0.2, 0) is 6.54 Å². The van der Waals surface area contributed by atoms with Crippen LogP contribution in [0.1, 0.15) is 16.2 Å². The second-order valence-electron chi connectivity index (χ2n) is 5.25. The van der Waals surface area contributed by atoms with Crippen LogP contribution in [0.15, 0.2) is 69.1 Å². The number of benzene rings is 1. The van der Waals surface area contributed by atoms with Crippen LogP contribution in [-0.4, -0.2) is 16.0 Å². The minimum absolute atomic E-state index is 0.199. The molecule has 1 amide bonds. The molecule has 4 aromatic rings. The van der Waals surface area contributed by atoms with Crippen LogP contribution < -0.4 is 5.32 Å². The zero-order chi connectivity index (χ0) is 17.1. The van der Waals surface area contributed by atoms with E-state index in [0.717, 1.165) is 16.3 Å². The Kier molecular flexibility index (Phi) is 4.14. The fourth-order valence-corrected chi connectivity index (χ4v) is 3.11. The number of furan rings is 1. The molecule has 0 unspecified atom stereocenters. The number of nitrogens with zero attached hydrogens (tertiary/aromatic N) is 2. The van der Waals surface area contributed by atoms with Crippen molar-refractivity contribution in [2.45, 2.75) is 6.54 Å². The van der Waals surface area contributed by atoms with E-state index in [4.69, 9.17) is 8.94 Å². The van der Waals surface area contributed by atoms with Crippen molar-refractivity contribution in [3.05, 3.63) is 71.6 Å². The molecular weight excluding hydrogens is 338 g/mol. The van der Waals surface area contributed by atoms with E-state index in [-0.39, 0.29) is 11.6 Å². The van der Waals surface area contributed by atoms with Gasteiger partial charge in [-0.25, -0.2) is 4.98 Å². The average Bonchev–Trinajstić information content (AvgIpc) is 3.41. The number of carbonyl (C=O) groups is 1. The minimum atomic E-state index is -0.323. The van der Waals surface area contributed by atoms with Gasteiger partial charge in [-0.05, 0) is 12.1 Å². The molecule has 3 heterocycles. The summed E-state index contributed by atoms with van der Waals surface area (Å²) in [6, 6.07) is 14.9. The third kappa shape index (κ3) is 3.36. The van der Waals surface area contributed by atoms with E-state index in [0.29, 0.717) is 18.1 Å². The first-order valence-corrected chi connectivity index (χ1v) is 8.46. The summed E-state index contributed by atoms with van der Waals surface area (Å²) < 4.78 is 10.3. The van der Waals surface area contributed by atoms with Crippen molar-refractivity contribution in [2.24, 2.45) is 0 Å². The third-order valence-corrected chi connectivity index (χ3v) is 4.45. The van der Waals surface area contributed by atoms with Gasteiger partial charge in [-0.15, -0.1) is 11.3 Å². The molecular formula is C18H13N3O3S. The number of hydrogen-bond acceptors (Lipinski definition) is 6. The van der Waals surface area contributed by atoms with Crippen LogP contribution in [0.25, 0.3) is 22.1 Å². The Balaban J connectivity index is 1.40. The van der Waals surface area contributed by atoms with E-state index in [1.807, 2.05) is 35.7 Å². The molecule has 0 saturated carbocycles. The van der Waals surface area contributed by atoms with Gasteiger partial charge in [0.15, 0.2) is 11.5 Å². The van der Waals surface area contributed by atoms with Gasteiger partial charge in [-0.3, -0.25) is 4.79 Å². The van der Waals surface area contributed by atoms with Crippen molar-refractivity contribution >= 4 is 17.2 Å². The zero-order valence-corrected chi connectivity index (χ0v) is 13.8. The highest BCUT2D eigenvalue weighted by Crippen LogP contribution is 2.23. The molecule has 1 N–H and O–H groups in total. The Labute approximate surface area is 147 Å². The quantitative estimate of drug-likeness (QED) is 0.588. The highest BCUT2D eigenvalue weighted by Gasteiger charge is 2.15. The van der Waals surface area contributed by atoms with Crippen LogP contribution in [0.2, 0.25) is 0 Å². The SMILES string of the molecule is O=C(NCc1csc(-c2ccccc2)n1)c1cc(-c2ccco2)on1. The molecule has 0 fully saturated rings. The molecule has 0 aliphatic carbocycles. The van der Waals surface area contributed by atoms with Crippen molar-refractivity contribution in [3.8, 4) is 22.1 Å². The molecule has 0 bridgehead atoms. The van der Waals surface area contributed by atoms with E-state index in [2.05, 4.69) is 15.5 Å². The van der Waals surface area contributed by atoms with Crippen molar-refractivity contribution in [1.82, 2.24) is 15.5 Å². The van der Waals surface area contributed by atoms with E-state index in [1.165, 1.54) is 6.26 Å². The molecule has 1 aromatic carbocycles. The lowest BCUT2D eigenvalue weighted by Gasteiger charge is -1.99. The van der Waals surface area contributed by atoms with Crippen LogP contribution in [0, 0.1) is 0 Å². The molecule has 4 rings (SSSR count). The van der Waals surface area contributed by atoms with Crippen LogP contribution in [0.3, 0.4) is 0 Å². The Hall–Kier alpha value is -3.19. The first kappa shape index (κ1) is 15.3. The molecule has 25 heavy (non-hydrogen) atoms. The Bertz CT molecular complexity index is 974. The Morgan fingerprint density at radius 3 is 2.80 bits per heavy atom. The molecule has 0 aliphatic heterocycles. The maximum absolute atomic E-state index is 12.2. The van der Waals surface area contributed by atoms with E-state index in [1.54, 1.807) is 29.5 Å². The number of hydrogen-bond donors (Lipinski definition) is 1. The predicted octanol–water partition coefficient (Wildman–Crippen LogP) is 3.99. The number of rotatable bonds is 5. The predicted molar refractivity (Wildman–Crippen MR) is 92.9 cm³/mol. The van der Waals surface area contributed by atoms with Crippen molar-refractivity contribution < 1.29 is 13.7 Å². The first-order chi connectivity index (χ1) is 12.3. The summed E-state index contributed by atoms with van der Waals surface area (Å²) in [6.45, 7) is 0.325. The summed E-state index contributed by atoms with van der Waals surface area (Å²) in [6.07, 6.45) is 1.53. The molecule has 124 valence electrons. The van der Waals surface area contributed by atoms with Gasteiger partial charge in [0.1, 0.15) is 5.01 Å². The average molecular weight is 351 g/mol. The summed E-state index contributed by atoms with van der Waals surface area (Å²) in [5.41, 5.74) is 2.06. The normalized spacial score (nSPS) is 10.7. The number of aromatic nitrogens is 2. The van der Waals surface area contributed by atoms with Gasteiger partial charge in [0.25, 0.3) is 5.91 Å². The Morgan fingerprint density at radius 2 is 2.00 bits per heavy atom. The van der Waals surface area contributed by atoms with Gasteiger partial charge in [0.05, 0.1) is 18.5 Å². The minimum Gasteiger partial charge on any atom is -0.461 e. The van der Waals surface area contributed by atoms with Gasteiger partial charge >= 0.3 is 0 Å². The number of amides is 1. The van der Waals surface area contributed by atoms with E-state index < -0.39 is 0 Å². The molecule has 0 radical (unpaired) electrons. The van der Waals surface area contributed by atoms with E-state index >= 15 is 0 Å². The molecule has 0 spiro atoms. The molecule has 0 aliphatic rings. The third-order valence-electron chi connectivity index (χ3n) is 3.51. The van der Waals surface area contributed by atoms with Crippen molar-refractivity contribution in [3.63, 3.8) is 0 Å². The first-order valence-electron chi connectivity index (χ1n) is 7.58. The highest BCUT2D eigenvalue weighted by molar-refractivity contribution is 7.13. The van der Waals surface area contributed by atoms with Crippen LogP contribution >= 0.6 is 11.3 Å². The lowest BCUT2D eigenvalue weighted by Crippen LogP contribution is -2.23. The smallest absolute Gasteiger partial charge is 0.273 e. The molecule has 7 heteroatoms. The van der Waals surface area contributed by atoms with Crippen LogP contribution in [0.4, 0.5) is 0 Å². The lowest BCUT2D eigenvalue weighted by molar-refractivity contribution is 0.0941. The standard InChI is InChI=1S/C18H13N3O3S/c22-17(14-9-16(24-21-14)15-7-4-8-23-15)19-10-13-11-25-18(20-13)12-5-2-1-3-6-12/h1-9,11H,10H2,(H,19,22). The molecule has 0 atom stereocenters. The fourth-order valence-electron chi connectivity index (χ4n) is 2.28. The maximum atomic E-state index is 12.2. The largest absolute Gasteiger partial charge is 0.461 e. The fraction of sp³-hybridized carbons (Fsp3) is 0.0556.